The zero-order valence-corrected chi connectivity index (χ0v) is 17.1. The SMILES string of the molecule is C1CCC(NC(NC2CCCCC2)=[NH+]C2CCCCC2)CC1.[O-][Cl+3]([O-])([O-])[O-]. The van der Waals surface area contributed by atoms with Gasteiger partial charge in [-0.3, -0.25) is 15.6 Å². The lowest BCUT2D eigenvalue weighted by Gasteiger charge is -2.26. The third-order valence-electron chi connectivity index (χ3n) is 5.86. The van der Waals surface area contributed by atoms with E-state index in [-0.39, 0.29) is 0 Å². The molecule has 3 N–H and O–H groups in total. The maximum Gasteiger partial charge on any atom is 0.344 e. The van der Waals surface area contributed by atoms with Crippen LogP contribution in [-0.2, 0) is 0 Å². The molecule has 3 rings (SSSR count). The van der Waals surface area contributed by atoms with E-state index in [1.807, 2.05) is 0 Å². The van der Waals surface area contributed by atoms with E-state index in [1.54, 1.807) is 0 Å². The van der Waals surface area contributed by atoms with E-state index >= 15 is 0 Å². The molecule has 0 unspecified atom stereocenters. The summed E-state index contributed by atoms with van der Waals surface area (Å²) in [5.41, 5.74) is 0. The van der Waals surface area contributed by atoms with E-state index in [9.17, 15) is 0 Å². The molecule has 0 saturated heterocycles. The predicted molar refractivity (Wildman–Crippen MR) is 92.9 cm³/mol. The summed E-state index contributed by atoms with van der Waals surface area (Å²) in [4.78, 5) is 3.84. The van der Waals surface area contributed by atoms with Gasteiger partial charge in [0.25, 0.3) is 0 Å². The molecule has 7 nitrogen and oxygen atoms in total. The number of rotatable bonds is 3. The highest BCUT2D eigenvalue weighted by Crippen LogP contribution is 2.19. The molecule has 3 saturated carbocycles. The molecule has 0 radical (unpaired) electrons. The summed E-state index contributed by atoms with van der Waals surface area (Å²) in [5.74, 6) is 1.27. The van der Waals surface area contributed by atoms with Crippen molar-refractivity contribution in [2.24, 2.45) is 0 Å². The molecule has 0 aromatic carbocycles. The van der Waals surface area contributed by atoms with Gasteiger partial charge in [-0.05, 0) is 38.5 Å². The number of guanidine groups is 1. The van der Waals surface area contributed by atoms with Crippen molar-refractivity contribution >= 4 is 5.96 Å². The highest BCUT2D eigenvalue weighted by molar-refractivity contribution is 5.74. The topological polar surface area (TPSA) is 130 Å². The molecule has 3 fully saturated rings. The molecule has 3 aliphatic carbocycles. The highest BCUT2D eigenvalue weighted by atomic mass is 35.7. The van der Waals surface area contributed by atoms with Crippen LogP contribution in [0.5, 0.6) is 0 Å². The molecular weight excluding hydrogens is 370 g/mol. The molecule has 0 aliphatic heterocycles. The first-order valence-corrected chi connectivity index (χ1v) is 11.9. The van der Waals surface area contributed by atoms with Crippen LogP contribution in [0.25, 0.3) is 0 Å². The second-order valence-corrected chi connectivity index (χ2v) is 8.95. The minimum absolute atomic E-state index is 0.691. The first-order valence-electron chi connectivity index (χ1n) is 10.7. The normalized spacial score (nSPS) is 23.1. The van der Waals surface area contributed by atoms with Crippen molar-refractivity contribution in [3.63, 3.8) is 0 Å². The van der Waals surface area contributed by atoms with E-state index in [4.69, 9.17) is 18.6 Å². The van der Waals surface area contributed by atoms with Crippen LogP contribution in [-0.4, -0.2) is 24.1 Å². The Hall–Kier alpha value is -0.600. The molecule has 0 amide bonds. The molecule has 0 aromatic heterocycles. The standard InChI is InChI=1S/C19H35N3.ClHO4/c1-4-10-16(11-5-1)20-19(21-17-12-6-2-7-13-17)22-18-14-8-3-9-15-18;2-1(3,4)5/h16-18H,1-15H2,(H2,20,21,22);(H,2,3,4,5). The lowest BCUT2D eigenvalue weighted by molar-refractivity contribution is -2.00. The van der Waals surface area contributed by atoms with Gasteiger partial charge in [-0.1, -0.05) is 57.8 Å². The van der Waals surface area contributed by atoms with Gasteiger partial charge in [0.05, 0.1) is 18.1 Å². The maximum absolute atomic E-state index is 8.49. The molecule has 0 atom stereocenters. The van der Waals surface area contributed by atoms with E-state index in [1.165, 1.54) is 102 Å². The Morgan fingerprint density at radius 1 is 0.593 bits per heavy atom. The van der Waals surface area contributed by atoms with Crippen LogP contribution in [0.1, 0.15) is 96.3 Å². The van der Waals surface area contributed by atoms with Gasteiger partial charge < -0.3 is 0 Å². The van der Waals surface area contributed by atoms with Crippen LogP contribution < -0.4 is 34.3 Å². The van der Waals surface area contributed by atoms with Gasteiger partial charge in [0.15, 0.2) is 0 Å². The van der Waals surface area contributed by atoms with Crippen LogP contribution in [0, 0.1) is 10.2 Å². The Morgan fingerprint density at radius 3 is 1.30 bits per heavy atom. The molecule has 8 heteroatoms. The Labute approximate surface area is 165 Å². The number of hydrogen-bond donors (Lipinski definition) is 3. The minimum atomic E-state index is -4.94. The lowest BCUT2D eigenvalue weighted by atomic mass is 9.94. The Morgan fingerprint density at radius 2 is 0.926 bits per heavy atom. The van der Waals surface area contributed by atoms with Crippen LogP contribution in [0.4, 0.5) is 0 Å². The number of hydrogen-bond acceptors (Lipinski definition) is 4. The fourth-order valence-corrected chi connectivity index (χ4v) is 4.48. The largest absolute Gasteiger partial charge is 0.344 e. The molecule has 0 aromatic rings. The summed E-state index contributed by atoms with van der Waals surface area (Å²) in [6.45, 7) is 0. The van der Waals surface area contributed by atoms with Crippen LogP contribution in [0.15, 0.2) is 0 Å². The van der Waals surface area contributed by atoms with E-state index in [2.05, 4.69) is 15.6 Å². The van der Waals surface area contributed by atoms with Gasteiger partial charge in [0.1, 0.15) is 0 Å². The van der Waals surface area contributed by atoms with Crippen molar-refractivity contribution in [2.45, 2.75) is 114 Å². The Balaban J connectivity index is 0.000000465. The van der Waals surface area contributed by atoms with E-state index < -0.39 is 10.2 Å². The summed E-state index contributed by atoms with van der Waals surface area (Å²) < 4.78 is 34.0. The van der Waals surface area contributed by atoms with Crippen LogP contribution >= 0.6 is 0 Å². The predicted octanol–water partition coefficient (Wildman–Crippen LogP) is -2.16. The molecular formula is C19H36ClN3O4. The molecule has 3 aliphatic rings. The third kappa shape index (κ3) is 11.1. The third-order valence-corrected chi connectivity index (χ3v) is 5.86. The van der Waals surface area contributed by atoms with Gasteiger partial charge >= 0.3 is 5.96 Å². The zero-order chi connectivity index (χ0) is 19.5. The summed E-state index contributed by atoms with van der Waals surface area (Å²) in [5, 5.41) is 7.69. The molecule has 0 spiro atoms. The second kappa shape index (κ2) is 12.1. The average molecular weight is 406 g/mol. The van der Waals surface area contributed by atoms with E-state index in [0.717, 1.165) is 0 Å². The summed E-state index contributed by atoms with van der Waals surface area (Å²) in [6.07, 6.45) is 20.8. The monoisotopic (exact) mass is 405 g/mol. The summed E-state index contributed by atoms with van der Waals surface area (Å²) >= 11 is 0. The van der Waals surface area contributed by atoms with Gasteiger partial charge in [0.2, 0.25) is 0 Å². The van der Waals surface area contributed by atoms with Crippen LogP contribution in [0.2, 0.25) is 0 Å². The first kappa shape index (κ1) is 22.7. The minimum Gasteiger partial charge on any atom is -0.275 e. The van der Waals surface area contributed by atoms with Gasteiger partial charge in [-0.15, -0.1) is 10.2 Å². The van der Waals surface area contributed by atoms with E-state index in [0.29, 0.717) is 18.1 Å². The maximum atomic E-state index is 8.49. The molecule has 158 valence electrons. The van der Waals surface area contributed by atoms with Crippen molar-refractivity contribution in [3.05, 3.63) is 0 Å². The zero-order valence-electron chi connectivity index (χ0n) is 16.3. The van der Waals surface area contributed by atoms with Gasteiger partial charge in [0, 0.05) is 0 Å². The lowest BCUT2D eigenvalue weighted by Crippen LogP contribution is -2.86. The van der Waals surface area contributed by atoms with Gasteiger partial charge in [-0.25, -0.2) is 18.6 Å². The first-order chi connectivity index (χ1) is 12.9. The average Bonchev–Trinajstić information content (AvgIpc) is 2.63. The number of nitrogens with one attached hydrogen (secondary N) is 3. The quantitative estimate of drug-likeness (QED) is 0.362. The fourth-order valence-electron chi connectivity index (χ4n) is 4.48. The molecule has 0 heterocycles. The number of halogens is 1. The molecule has 27 heavy (non-hydrogen) atoms. The highest BCUT2D eigenvalue weighted by Gasteiger charge is 2.24. The summed E-state index contributed by atoms with van der Waals surface area (Å²) in [7, 11) is -4.94. The summed E-state index contributed by atoms with van der Waals surface area (Å²) in [6, 6.07) is 2.07. The molecule has 0 bridgehead atoms. The fraction of sp³-hybridized carbons (Fsp3) is 0.947. The smallest absolute Gasteiger partial charge is 0.275 e. The Kier molecular flexibility index (Phi) is 10.1. The van der Waals surface area contributed by atoms with Crippen molar-refractivity contribution in [2.75, 3.05) is 0 Å². The second-order valence-electron chi connectivity index (χ2n) is 8.19. The Bertz CT molecular complexity index is 399. The van der Waals surface area contributed by atoms with Crippen molar-refractivity contribution in [3.8, 4) is 0 Å². The van der Waals surface area contributed by atoms with Crippen molar-refractivity contribution in [1.29, 1.82) is 0 Å². The van der Waals surface area contributed by atoms with Crippen molar-refractivity contribution < 1.29 is 33.9 Å². The van der Waals surface area contributed by atoms with Crippen LogP contribution in [0.3, 0.4) is 0 Å². The van der Waals surface area contributed by atoms with Crippen molar-refractivity contribution in [1.82, 2.24) is 10.6 Å². The van der Waals surface area contributed by atoms with Gasteiger partial charge in [-0.2, -0.15) is 0 Å².